The first-order valence-corrected chi connectivity index (χ1v) is 7.96. The van der Waals surface area contributed by atoms with Crippen LogP contribution in [0.25, 0.3) is 0 Å². The van der Waals surface area contributed by atoms with Crippen LogP contribution in [-0.4, -0.2) is 47.9 Å². The highest BCUT2D eigenvalue weighted by molar-refractivity contribution is 5.93. The summed E-state index contributed by atoms with van der Waals surface area (Å²) < 4.78 is 17.9. The number of aromatic nitrogens is 1. The zero-order chi connectivity index (χ0) is 18.8. The quantitative estimate of drug-likeness (QED) is 0.620. The fraction of sp³-hybridized carbons (Fsp3) is 0.353. The van der Waals surface area contributed by atoms with E-state index in [1.165, 1.54) is 6.07 Å². The minimum atomic E-state index is -0.627. The van der Waals surface area contributed by atoms with Crippen molar-refractivity contribution in [1.82, 2.24) is 20.5 Å². The number of piperazine rings is 1. The summed E-state index contributed by atoms with van der Waals surface area (Å²) in [7, 11) is 0. The lowest BCUT2D eigenvalue weighted by Gasteiger charge is -2.27. The van der Waals surface area contributed by atoms with Gasteiger partial charge in [0.2, 0.25) is 0 Å². The van der Waals surface area contributed by atoms with E-state index < -0.39 is 11.7 Å². The summed E-state index contributed by atoms with van der Waals surface area (Å²) in [6, 6.07) is 2.33. The minimum absolute atomic E-state index is 0.00445. The molecule has 0 atom stereocenters. The molecule has 1 fully saturated rings. The standard InChI is InChI=1S/C15H17FN4O3.C2H6/c1-10(15(22)20-7-5-17-6-8-20)23-11(2)19-14(21)13-4-3-12(16)9-18-13;1-2/h3-4,9,17H,1-2,5-8H2,(H,19,21);1-2H3. The van der Waals surface area contributed by atoms with Crippen LogP contribution < -0.4 is 10.6 Å². The Morgan fingerprint density at radius 3 is 2.48 bits per heavy atom. The van der Waals surface area contributed by atoms with Gasteiger partial charge in [-0.15, -0.1) is 0 Å². The molecule has 7 nitrogen and oxygen atoms in total. The van der Waals surface area contributed by atoms with Crippen LogP contribution >= 0.6 is 0 Å². The first-order valence-electron chi connectivity index (χ1n) is 7.96. The van der Waals surface area contributed by atoms with Crippen molar-refractivity contribution in [3.05, 3.63) is 54.6 Å². The third kappa shape index (κ3) is 6.34. The van der Waals surface area contributed by atoms with Crippen LogP contribution in [0, 0.1) is 5.82 Å². The molecule has 0 bridgehead atoms. The van der Waals surface area contributed by atoms with Gasteiger partial charge in [0.05, 0.1) is 6.20 Å². The van der Waals surface area contributed by atoms with Gasteiger partial charge in [-0.3, -0.25) is 14.9 Å². The Bertz CT molecular complexity index is 625. The molecule has 2 rings (SSSR count). The number of ether oxygens (including phenoxy) is 1. The molecule has 8 heteroatoms. The number of carbonyl (C=O) groups excluding carboxylic acids is 2. The van der Waals surface area contributed by atoms with Crippen molar-refractivity contribution in [2.75, 3.05) is 26.2 Å². The lowest BCUT2D eigenvalue weighted by molar-refractivity contribution is -0.130. The zero-order valence-corrected chi connectivity index (χ0v) is 14.5. The number of nitrogens with zero attached hydrogens (tertiary/aromatic N) is 2. The Labute approximate surface area is 146 Å². The topological polar surface area (TPSA) is 83.6 Å². The molecule has 1 aliphatic rings. The van der Waals surface area contributed by atoms with Crippen LogP contribution in [0.3, 0.4) is 0 Å². The first kappa shape index (κ1) is 20.3. The normalized spacial score (nSPS) is 13.2. The van der Waals surface area contributed by atoms with Crippen molar-refractivity contribution in [2.45, 2.75) is 13.8 Å². The van der Waals surface area contributed by atoms with E-state index in [-0.39, 0.29) is 23.2 Å². The highest BCUT2D eigenvalue weighted by Gasteiger charge is 2.21. The molecule has 136 valence electrons. The maximum atomic E-state index is 12.8. The van der Waals surface area contributed by atoms with E-state index in [0.29, 0.717) is 26.2 Å². The fourth-order valence-electron chi connectivity index (χ4n) is 1.96. The predicted molar refractivity (Wildman–Crippen MR) is 91.8 cm³/mol. The first-order chi connectivity index (χ1) is 12.0. The molecule has 0 saturated carbocycles. The molecule has 2 amide bonds. The molecule has 25 heavy (non-hydrogen) atoms. The predicted octanol–water partition coefficient (Wildman–Crippen LogP) is 1.41. The van der Waals surface area contributed by atoms with Crippen LogP contribution in [0.1, 0.15) is 24.3 Å². The summed E-state index contributed by atoms with van der Waals surface area (Å²) in [6.07, 6.45) is 0.922. The summed E-state index contributed by atoms with van der Waals surface area (Å²) in [4.78, 5) is 29.2. The van der Waals surface area contributed by atoms with Crippen LogP contribution in [0.15, 0.2) is 43.1 Å². The van der Waals surface area contributed by atoms with Crippen molar-refractivity contribution in [1.29, 1.82) is 0 Å². The van der Waals surface area contributed by atoms with E-state index in [9.17, 15) is 14.0 Å². The Kier molecular flexibility index (Phi) is 8.28. The van der Waals surface area contributed by atoms with Gasteiger partial charge in [-0.1, -0.05) is 20.4 Å². The minimum Gasteiger partial charge on any atom is -0.436 e. The summed E-state index contributed by atoms with van der Waals surface area (Å²) in [6.45, 7) is 13.6. The third-order valence-corrected chi connectivity index (χ3v) is 3.10. The molecule has 0 spiro atoms. The molecule has 0 unspecified atom stereocenters. The second-order valence-electron chi connectivity index (χ2n) is 4.81. The number of hydrogen-bond donors (Lipinski definition) is 2. The average molecular weight is 350 g/mol. The van der Waals surface area contributed by atoms with Gasteiger partial charge in [0.1, 0.15) is 11.5 Å². The molecule has 0 aliphatic carbocycles. The molecule has 1 saturated heterocycles. The number of nitrogens with one attached hydrogen (secondary N) is 2. The average Bonchev–Trinajstić information content (AvgIpc) is 2.63. The molecule has 2 N–H and O–H groups in total. The Balaban J connectivity index is 0.00000151. The molecule has 2 heterocycles. The summed E-state index contributed by atoms with van der Waals surface area (Å²) in [5.41, 5.74) is -0.00445. The molecule has 0 aromatic carbocycles. The van der Waals surface area contributed by atoms with Crippen LogP contribution in [0.4, 0.5) is 4.39 Å². The maximum absolute atomic E-state index is 12.8. The van der Waals surface area contributed by atoms with E-state index in [2.05, 4.69) is 28.8 Å². The van der Waals surface area contributed by atoms with Gasteiger partial charge < -0.3 is 15.0 Å². The van der Waals surface area contributed by atoms with Crippen molar-refractivity contribution in [2.24, 2.45) is 0 Å². The number of carbonyl (C=O) groups is 2. The maximum Gasteiger partial charge on any atom is 0.289 e. The number of pyridine rings is 1. The molecule has 1 aromatic rings. The summed E-state index contributed by atoms with van der Waals surface area (Å²) in [5.74, 6) is -1.83. The SMILES string of the molecule is C=C(NC(=O)c1ccc(F)cn1)OC(=C)C(=O)N1CCNCC1.CC. The van der Waals surface area contributed by atoms with Crippen molar-refractivity contribution < 1.29 is 18.7 Å². The molecular weight excluding hydrogens is 327 g/mol. The number of amides is 2. The monoisotopic (exact) mass is 350 g/mol. The lowest BCUT2D eigenvalue weighted by atomic mass is 10.3. The van der Waals surface area contributed by atoms with Crippen LogP contribution in [0.2, 0.25) is 0 Å². The summed E-state index contributed by atoms with van der Waals surface area (Å²) >= 11 is 0. The number of hydrogen-bond acceptors (Lipinski definition) is 5. The van der Waals surface area contributed by atoms with Gasteiger partial charge >= 0.3 is 0 Å². The van der Waals surface area contributed by atoms with Gasteiger partial charge in [0.25, 0.3) is 11.8 Å². The fourth-order valence-corrected chi connectivity index (χ4v) is 1.96. The van der Waals surface area contributed by atoms with Gasteiger partial charge in [0, 0.05) is 26.2 Å². The van der Waals surface area contributed by atoms with E-state index in [4.69, 9.17) is 4.74 Å². The molecule has 0 radical (unpaired) electrons. The smallest absolute Gasteiger partial charge is 0.289 e. The third-order valence-electron chi connectivity index (χ3n) is 3.10. The molecular formula is C17H23FN4O3. The Morgan fingerprint density at radius 2 is 1.92 bits per heavy atom. The number of halogens is 1. The van der Waals surface area contributed by atoms with Gasteiger partial charge in [0.15, 0.2) is 11.6 Å². The largest absolute Gasteiger partial charge is 0.436 e. The van der Waals surface area contributed by atoms with Crippen LogP contribution in [0.5, 0.6) is 0 Å². The van der Waals surface area contributed by atoms with Crippen molar-refractivity contribution >= 4 is 11.8 Å². The molecule has 1 aromatic heterocycles. The van der Waals surface area contributed by atoms with Crippen molar-refractivity contribution in [3.8, 4) is 0 Å². The highest BCUT2D eigenvalue weighted by Crippen LogP contribution is 2.07. The zero-order valence-electron chi connectivity index (χ0n) is 14.5. The van der Waals surface area contributed by atoms with E-state index in [1.807, 2.05) is 13.8 Å². The Hall–Kier alpha value is -2.74. The second kappa shape index (κ2) is 10.2. The molecule has 1 aliphatic heterocycles. The van der Waals surface area contributed by atoms with E-state index in [1.54, 1.807) is 4.90 Å². The second-order valence-corrected chi connectivity index (χ2v) is 4.81. The van der Waals surface area contributed by atoms with Gasteiger partial charge in [-0.25, -0.2) is 9.37 Å². The summed E-state index contributed by atoms with van der Waals surface area (Å²) in [5, 5.41) is 5.44. The lowest BCUT2D eigenvalue weighted by Crippen LogP contribution is -2.47. The van der Waals surface area contributed by atoms with Crippen LogP contribution in [-0.2, 0) is 9.53 Å². The van der Waals surface area contributed by atoms with Gasteiger partial charge in [-0.05, 0) is 18.7 Å². The van der Waals surface area contributed by atoms with Gasteiger partial charge in [-0.2, -0.15) is 0 Å². The van der Waals surface area contributed by atoms with Crippen molar-refractivity contribution in [3.63, 3.8) is 0 Å². The van der Waals surface area contributed by atoms with E-state index in [0.717, 1.165) is 12.3 Å². The number of rotatable bonds is 5. The Morgan fingerprint density at radius 1 is 1.28 bits per heavy atom. The van der Waals surface area contributed by atoms with E-state index >= 15 is 0 Å². The highest BCUT2D eigenvalue weighted by atomic mass is 19.1.